The summed E-state index contributed by atoms with van der Waals surface area (Å²) in [4.78, 5) is 14.0. The van der Waals surface area contributed by atoms with Crippen molar-refractivity contribution in [3.8, 4) is 0 Å². The molecule has 0 unspecified atom stereocenters. The Balaban J connectivity index is 0.000000659. The maximum Gasteiger partial charge on any atom is 0.225 e. The van der Waals surface area contributed by atoms with Gasteiger partial charge in [-0.2, -0.15) is 0 Å². The molecule has 1 amide bonds. The van der Waals surface area contributed by atoms with Crippen molar-refractivity contribution in [1.82, 2.24) is 15.5 Å². The Labute approximate surface area is 113 Å². The number of rotatable bonds is 1. The van der Waals surface area contributed by atoms with Gasteiger partial charge in [-0.15, -0.1) is 0 Å². The average Bonchev–Trinajstić information content (AvgIpc) is 2.52. The van der Waals surface area contributed by atoms with Crippen molar-refractivity contribution in [2.45, 2.75) is 40.5 Å². The number of hydrogen-bond donors (Lipinski definition) is 2. The first kappa shape index (κ1) is 17.4. The number of carbonyl (C=O) groups excluding carboxylic acids is 1. The zero-order chi connectivity index (χ0) is 13.8. The Hall–Kier alpha value is -0.610. The molecule has 0 aromatic heterocycles. The van der Waals surface area contributed by atoms with Crippen LogP contribution in [0.2, 0.25) is 0 Å². The van der Waals surface area contributed by atoms with Gasteiger partial charge in [0.25, 0.3) is 0 Å². The number of carbonyl (C=O) groups is 1. The van der Waals surface area contributed by atoms with Crippen molar-refractivity contribution in [3.05, 3.63) is 0 Å². The molecule has 2 rings (SSSR count). The second-order valence-corrected chi connectivity index (χ2v) is 4.10. The summed E-state index contributed by atoms with van der Waals surface area (Å²) >= 11 is 0. The second kappa shape index (κ2) is 11.5. The van der Waals surface area contributed by atoms with Crippen LogP contribution in [0.3, 0.4) is 0 Å². The summed E-state index contributed by atoms with van der Waals surface area (Å²) in [5.74, 6) is 0.669. The highest BCUT2D eigenvalue weighted by atomic mass is 16.2. The molecule has 0 aliphatic carbocycles. The maximum atomic E-state index is 12.0. The van der Waals surface area contributed by atoms with Gasteiger partial charge in [0.2, 0.25) is 5.91 Å². The van der Waals surface area contributed by atoms with Crippen molar-refractivity contribution >= 4 is 5.91 Å². The molecule has 0 atom stereocenters. The lowest BCUT2D eigenvalue weighted by Gasteiger charge is -2.32. The minimum atomic E-state index is 0.286. The van der Waals surface area contributed by atoms with Gasteiger partial charge in [0.1, 0.15) is 0 Å². The summed E-state index contributed by atoms with van der Waals surface area (Å²) in [6, 6.07) is 0. The predicted octanol–water partition coefficient (Wildman–Crippen LogP) is 1.47. The normalized spacial score (nSPS) is 20.1. The molecule has 2 aliphatic heterocycles. The SMILES string of the molecule is CC.CC.O=C(C1CCNCC1)N1CCNCC1. The predicted molar refractivity (Wildman–Crippen MR) is 77.7 cm³/mol. The van der Waals surface area contributed by atoms with Crippen molar-refractivity contribution < 1.29 is 4.79 Å². The van der Waals surface area contributed by atoms with Gasteiger partial charge >= 0.3 is 0 Å². The highest BCUT2D eigenvalue weighted by Crippen LogP contribution is 2.15. The molecule has 2 saturated heterocycles. The Kier molecular flexibility index (Phi) is 11.1. The summed E-state index contributed by atoms with van der Waals surface area (Å²) in [6.45, 7) is 13.7. The fourth-order valence-corrected chi connectivity index (χ4v) is 2.21. The van der Waals surface area contributed by atoms with E-state index >= 15 is 0 Å². The van der Waals surface area contributed by atoms with E-state index in [0.717, 1.165) is 52.1 Å². The Morgan fingerprint density at radius 1 is 0.889 bits per heavy atom. The molecule has 0 saturated carbocycles. The molecule has 0 spiro atoms. The molecule has 2 N–H and O–H groups in total. The smallest absolute Gasteiger partial charge is 0.225 e. The van der Waals surface area contributed by atoms with Crippen LogP contribution in [-0.4, -0.2) is 50.1 Å². The van der Waals surface area contributed by atoms with Crippen LogP contribution in [0.4, 0.5) is 0 Å². The minimum absolute atomic E-state index is 0.286. The van der Waals surface area contributed by atoms with E-state index < -0.39 is 0 Å². The molecule has 4 heteroatoms. The van der Waals surface area contributed by atoms with E-state index in [1.54, 1.807) is 0 Å². The van der Waals surface area contributed by atoms with Gasteiger partial charge in [-0.1, -0.05) is 27.7 Å². The zero-order valence-electron chi connectivity index (χ0n) is 12.6. The zero-order valence-corrected chi connectivity index (χ0v) is 12.6. The molecular weight excluding hydrogens is 226 g/mol. The molecule has 108 valence electrons. The van der Waals surface area contributed by atoms with Gasteiger partial charge in [0, 0.05) is 32.1 Å². The third-order valence-corrected chi connectivity index (χ3v) is 3.12. The highest BCUT2D eigenvalue weighted by Gasteiger charge is 2.26. The molecular formula is C14H31N3O. The van der Waals surface area contributed by atoms with Crippen LogP contribution in [0.25, 0.3) is 0 Å². The molecule has 2 heterocycles. The highest BCUT2D eigenvalue weighted by molar-refractivity contribution is 5.79. The number of piperazine rings is 1. The lowest BCUT2D eigenvalue weighted by Crippen LogP contribution is -2.49. The van der Waals surface area contributed by atoms with Crippen LogP contribution in [0.1, 0.15) is 40.5 Å². The van der Waals surface area contributed by atoms with Crippen LogP contribution in [-0.2, 0) is 4.79 Å². The summed E-state index contributed by atoms with van der Waals surface area (Å²) in [7, 11) is 0. The molecule has 0 bridgehead atoms. The van der Waals surface area contributed by atoms with Crippen LogP contribution >= 0.6 is 0 Å². The first-order valence-corrected chi connectivity index (χ1v) is 7.58. The quantitative estimate of drug-likeness (QED) is 0.748. The van der Waals surface area contributed by atoms with Gasteiger partial charge in [-0.3, -0.25) is 4.79 Å². The van der Waals surface area contributed by atoms with Crippen molar-refractivity contribution in [1.29, 1.82) is 0 Å². The van der Waals surface area contributed by atoms with E-state index in [4.69, 9.17) is 0 Å². The molecule has 2 aliphatic rings. The molecule has 0 aromatic carbocycles. The minimum Gasteiger partial charge on any atom is -0.340 e. The van der Waals surface area contributed by atoms with Gasteiger partial charge in [0.05, 0.1) is 0 Å². The summed E-state index contributed by atoms with van der Waals surface area (Å²) in [6.07, 6.45) is 2.03. The fraction of sp³-hybridized carbons (Fsp3) is 0.929. The Morgan fingerprint density at radius 2 is 1.33 bits per heavy atom. The third-order valence-electron chi connectivity index (χ3n) is 3.12. The average molecular weight is 257 g/mol. The van der Waals surface area contributed by atoms with Crippen LogP contribution < -0.4 is 10.6 Å². The summed E-state index contributed by atoms with van der Waals surface area (Å²) < 4.78 is 0. The standard InChI is InChI=1S/C10H19N3O.2C2H6/c14-10(9-1-3-11-4-2-9)13-7-5-12-6-8-13;2*1-2/h9,11-12H,1-8H2;2*1-2H3. The number of nitrogens with one attached hydrogen (secondary N) is 2. The van der Waals surface area contributed by atoms with Crippen LogP contribution in [0.15, 0.2) is 0 Å². The Morgan fingerprint density at radius 3 is 1.83 bits per heavy atom. The monoisotopic (exact) mass is 257 g/mol. The first-order valence-electron chi connectivity index (χ1n) is 7.58. The molecule has 18 heavy (non-hydrogen) atoms. The topological polar surface area (TPSA) is 44.4 Å². The second-order valence-electron chi connectivity index (χ2n) is 4.10. The van der Waals surface area contributed by atoms with E-state index in [1.807, 2.05) is 32.6 Å². The first-order chi connectivity index (χ1) is 8.88. The maximum absolute atomic E-state index is 12.0. The van der Waals surface area contributed by atoms with Crippen LogP contribution in [0, 0.1) is 5.92 Å². The number of piperidine rings is 1. The lowest BCUT2D eigenvalue weighted by molar-refractivity contribution is -0.136. The fourth-order valence-electron chi connectivity index (χ4n) is 2.21. The van der Waals surface area contributed by atoms with Gasteiger partial charge in [-0.25, -0.2) is 0 Å². The van der Waals surface area contributed by atoms with Gasteiger partial charge in [0.15, 0.2) is 0 Å². The van der Waals surface area contributed by atoms with E-state index in [2.05, 4.69) is 10.6 Å². The van der Waals surface area contributed by atoms with Crippen LogP contribution in [0.5, 0.6) is 0 Å². The van der Waals surface area contributed by atoms with Gasteiger partial charge in [-0.05, 0) is 25.9 Å². The van der Waals surface area contributed by atoms with Gasteiger partial charge < -0.3 is 15.5 Å². The molecule has 4 nitrogen and oxygen atoms in total. The van der Waals surface area contributed by atoms with Crippen molar-refractivity contribution in [2.75, 3.05) is 39.3 Å². The number of nitrogens with zero attached hydrogens (tertiary/aromatic N) is 1. The number of hydrogen-bond acceptors (Lipinski definition) is 3. The molecule has 0 radical (unpaired) electrons. The Bertz CT molecular complexity index is 177. The molecule has 2 fully saturated rings. The van der Waals surface area contributed by atoms with E-state index in [-0.39, 0.29) is 5.92 Å². The van der Waals surface area contributed by atoms with E-state index in [1.165, 1.54) is 0 Å². The van der Waals surface area contributed by atoms with E-state index in [0.29, 0.717) is 5.91 Å². The summed E-state index contributed by atoms with van der Waals surface area (Å²) in [5, 5.41) is 6.56. The van der Waals surface area contributed by atoms with Crippen molar-refractivity contribution in [3.63, 3.8) is 0 Å². The lowest BCUT2D eigenvalue weighted by atomic mass is 9.96. The van der Waals surface area contributed by atoms with E-state index in [9.17, 15) is 4.79 Å². The van der Waals surface area contributed by atoms with Crippen molar-refractivity contribution in [2.24, 2.45) is 5.92 Å². The largest absolute Gasteiger partial charge is 0.340 e. The molecule has 0 aromatic rings. The summed E-state index contributed by atoms with van der Waals surface area (Å²) in [5.41, 5.74) is 0. The third kappa shape index (κ3) is 5.83. The number of amides is 1.